The summed E-state index contributed by atoms with van der Waals surface area (Å²) < 4.78 is 69.7. The summed E-state index contributed by atoms with van der Waals surface area (Å²) in [6.07, 6.45) is -0.465. The highest BCUT2D eigenvalue weighted by Crippen LogP contribution is 2.26. The van der Waals surface area contributed by atoms with Crippen molar-refractivity contribution in [3.8, 4) is 16.9 Å². The molecule has 4 rings (SSSR count). The number of pyridine rings is 2. The largest absolute Gasteiger partial charge is 0.573 e. The van der Waals surface area contributed by atoms with Crippen molar-refractivity contribution in [3.63, 3.8) is 0 Å². The summed E-state index contributed by atoms with van der Waals surface area (Å²) in [5, 5.41) is 6.63. The standard InChI is InChI=1S/C20H15F3N6O4S/c1-12(30)25-19-26-18-7-2-13(11-29(18)27-19)14-8-15(10-24-9-14)28-34(31,32)17-5-3-16(4-6-17)33-20(21,22)23/h2-11,28H,1H3,(H,25,27,30). The van der Waals surface area contributed by atoms with E-state index in [4.69, 9.17) is 0 Å². The Kier molecular flexibility index (Phi) is 5.83. The van der Waals surface area contributed by atoms with Crippen LogP contribution in [0.5, 0.6) is 5.75 Å². The van der Waals surface area contributed by atoms with E-state index >= 15 is 0 Å². The van der Waals surface area contributed by atoms with Crippen molar-refractivity contribution >= 4 is 33.2 Å². The zero-order valence-electron chi connectivity index (χ0n) is 17.2. The Morgan fingerprint density at radius 1 is 1.06 bits per heavy atom. The van der Waals surface area contributed by atoms with Gasteiger partial charge in [0.05, 0.1) is 16.8 Å². The number of amides is 1. The van der Waals surface area contributed by atoms with Crippen LogP contribution in [0.25, 0.3) is 16.8 Å². The second-order valence-corrected chi connectivity index (χ2v) is 8.61. The van der Waals surface area contributed by atoms with E-state index in [-0.39, 0.29) is 22.4 Å². The van der Waals surface area contributed by atoms with Crippen LogP contribution in [-0.2, 0) is 14.8 Å². The third-order valence-electron chi connectivity index (χ3n) is 4.31. The number of hydrogen-bond acceptors (Lipinski definition) is 7. The molecule has 1 amide bonds. The van der Waals surface area contributed by atoms with E-state index in [1.165, 1.54) is 29.9 Å². The highest BCUT2D eigenvalue weighted by molar-refractivity contribution is 7.92. The molecule has 0 aliphatic carbocycles. The van der Waals surface area contributed by atoms with Crippen LogP contribution in [0, 0.1) is 0 Å². The normalized spacial score (nSPS) is 11.9. The zero-order chi connectivity index (χ0) is 24.5. The number of alkyl halides is 3. The van der Waals surface area contributed by atoms with E-state index in [0.717, 1.165) is 24.3 Å². The number of benzene rings is 1. The van der Waals surface area contributed by atoms with Crippen molar-refractivity contribution in [2.24, 2.45) is 0 Å². The fraction of sp³-hybridized carbons (Fsp3) is 0.100. The molecule has 3 heterocycles. The van der Waals surface area contributed by atoms with E-state index in [2.05, 4.69) is 29.8 Å². The average molecular weight is 492 g/mol. The average Bonchev–Trinajstić information content (AvgIpc) is 3.13. The van der Waals surface area contributed by atoms with Gasteiger partial charge in [-0.25, -0.2) is 12.9 Å². The van der Waals surface area contributed by atoms with Crippen LogP contribution in [0.2, 0.25) is 0 Å². The molecule has 0 aliphatic rings. The first-order valence-electron chi connectivity index (χ1n) is 9.47. The number of ether oxygens (including phenoxy) is 1. The molecule has 0 bridgehead atoms. The van der Waals surface area contributed by atoms with Crippen LogP contribution in [0.3, 0.4) is 0 Å². The summed E-state index contributed by atoms with van der Waals surface area (Å²) in [7, 11) is -4.11. The van der Waals surface area contributed by atoms with Crippen LogP contribution < -0.4 is 14.8 Å². The van der Waals surface area contributed by atoms with E-state index in [0.29, 0.717) is 16.8 Å². The molecule has 176 valence electrons. The third-order valence-corrected chi connectivity index (χ3v) is 5.71. The zero-order valence-corrected chi connectivity index (χ0v) is 18.1. The van der Waals surface area contributed by atoms with Gasteiger partial charge in [0.15, 0.2) is 5.65 Å². The molecule has 14 heteroatoms. The van der Waals surface area contributed by atoms with Gasteiger partial charge in [-0.15, -0.1) is 18.3 Å². The van der Waals surface area contributed by atoms with Crippen LogP contribution in [0.15, 0.2) is 66.0 Å². The second-order valence-electron chi connectivity index (χ2n) is 6.92. The molecular weight excluding hydrogens is 477 g/mol. The minimum Gasteiger partial charge on any atom is -0.406 e. The van der Waals surface area contributed by atoms with Gasteiger partial charge in [0, 0.05) is 30.4 Å². The first-order valence-corrected chi connectivity index (χ1v) is 10.9. The molecule has 0 aliphatic heterocycles. The van der Waals surface area contributed by atoms with E-state index in [1.807, 2.05) is 0 Å². The number of nitrogens with one attached hydrogen (secondary N) is 2. The summed E-state index contributed by atoms with van der Waals surface area (Å²) in [6.45, 7) is 1.33. The minimum atomic E-state index is -4.88. The number of aromatic nitrogens is 4. The molecule has 4 aromatic rings. The molecule has 34 heavy (non-hydrogen) atoms. The SMILES string of the molecule is CC(=O)Nc1nc2ccc(-c3cncc(NS(=O)(=O)c4ccc(OC(F)(F)F)cc4)c3)cn2n1. The maximum Gasteiger partial charge on any atom is 0.573 e. The second kappa shape index (κ2) is 8.62. The Morgan fingerprint density at radius 3 is 2.47 bits per heavy atom. The Balaban J connectivity index is 1.56. The van der Waals surface area contributed by atoms with E-state index < -0.39 is 22.1 Å². The molecule has 0 unspecified atom stereocenters. The number of hydrogen-bond donors (Lipinski definition) is 2. The fourth-order valence-corrected chi connectivity index (χ4v) is 3.99. The van der Waals surface area contributed by atoms with Gasteiger partial charge in [-0.1, -0.05) is 0 Å². The summed E-state index contributed by atoms with van der Waals surface area (Å²) in [6, 6.07) is 8.69. The quantitative estimate of drug-likeness (QED) is 0.422. The molecular formula is C20H15F3N6O4S. The summed E-state index contributed by atoms with van der Waals surface area (Å²) >= 11 is 0. The van der Waals surface area contributed by atoms with Gasteiger partial charge in [0.25, 0.3) is 10.0 Å². The number of nitrogens with zero attached hydrogens (tertiary/aromatic N) is 4. The van der Waals surface area contributed by atoms with Crippen molar-refractivity contribution in [2.75, 3.05) is 10.0 Å². The van der Waals surface area contributed by atoms with Gasteiger partial charge in [-0.05, 0) is 42.5 Å². The number of carbonyl (C=O) groups is 1. The molecule has 2 N–H and O–H groups in total. The summed E-state index contributed by atoms with van der Waals surface area (Å²) in [4.78, 5) is 19.1. The lowest BCUT2D eigenvalue weighted by Gasteiger charge is -2.11. The van der Waals surface area contributed by atoms with Crippen molar-refractivity contribution in [3.05, 3.63) is 61.1 Å². The number of sulfonamides is 1. The van der Waals surface area contributed by atoms with E-state index in [9.17, 15) is 26.4 Å². The van der Waals surface area contributed by atoms with Gasteiger partial charge in [0.2, 0.25) is 11.9 Å². The highest BCUT2D eigenvalue weighted by atomic mass is 32.2. The smallest absolute Gasteiger partial charge is 0.406 e. The van der Waals surface area contributed by atoms with Crippen molar-refractivity contribution in [1.29, 1.82) is 0 Å². The van der Waals surface area contributed by atoms with Crippen molar-refractivity contribution in [2.45, 2.75) is 18.2 Å². The fourth-order valence-electron chi connectivity index (χ4n) is 2.95. The molecule has 1 aromatic carbocycles. The van der Waals surface area contributed by atoms with Crippen LogP contribution >= 0.6 is 0 Å². The van der Waals surface area contributed by atoms with E-state index in [1.54, 1.807) is 18.3 Å². The molecule has 0 spiro atoms. The number of halogens is 3. The molecule has 3 aromatic heterocycles. The van der Waals surface area contributed by atoms with Gasteiger partial charge in [-0.2, -0.15) is 4.98 Å². The van der Waals surface area contributed by atoms with Gasteiger partial charge < -0.3 is 4.74 Å². The monoisotopic (exact) mass is 492 g/mol. The molecule has 0 saturated heterocycles. The van der Waals surface area contributed by atoms with Crippen molar-refractivity contribution < 1.29 is 31.1 Å². The molecule has 10 nitrogen and oxygen atoms in total. The van der Waals surface area contributed by atoms with Gasteiger partial charge in [-0.3, -0.25) is 19.8 Å². The van der Waals surface area contributed by atoms with Crippen molar-refractivity contribution in [1.82, 2.24) is 19.6 Å². The Morgan fingerprint density at radius 2 is 1.79 bits per heavy atom. The number of fused-ring (bicyclic) bond motifs is 1. The predicted molar refractivity (Wildman–Crippen MR) is 114 cm³/mol. The lowest BCUT2D eigenvalue weighted by Crippen LogP contribution is -2.17. The molecule has 0 radical (unpaired) electrons. The summed E-state index contributed by atoms with van der Waals surface area (Å²) in [5.41, 5.74) is 1.79. The predicted octanol–water partition coefficient (Wildman–Crippen LogP) is 3.45. The molecule has 0 atom stereocenters. The Hall–Kier alpha value is -4.20. The lowest BCUT2D eigenvalue weighted by atomic mass is 10.1. The first kappa shape index (κ1) is 23.0. The van der Waals surface area contributed by atoms with Crippen LogP contribution in [-0.4, -0.2) is 40.3 Å². The third kappa shape index (κ3) is 5.40. The van der Waals surface area contributed by atoms with Gasteiger partial charge in [0.1, 0.15) is 5.75 Å². The Bertz CT molecular complexity index is 1470. The molecule has 0 fully saturated rings. The topological polar surface area (TPSA) is 128 Å². The van der Waals surface area contributed by atoms with Crippen LogP contribution in [0.1, 0.15) is 6.92 Å². The van der Waals surface area contributed by atoms with Crippen LogP contribution in [0.4, 0.5) is 24.8 Å². The number of rotatable bonds is 6. The summed E-state index contributed by atoms with van der Waals surface area (Å²) in [5.74, 6) is -0.723. The Labute approximate surface area is 190 Å². The lowest BCUT2D eigenvalue weighted by molar-refractivity contribution is -0.274. The minimum absolute atomic E-state index is 0.130. The van der Waals surface area contributed by atoms with Gasteiger partial charge >= 0.3 is 6.36 Å². The number of anilines is 2. The molecule has 0 saturated carbocycles. The maximum absolute atomic E-state index is 12.7. The maximum atomic E-state index is 12.7. The highest BCUT2D eigenvalue weighted by Gasteiger charge is 2.31. The first-order chi connectivity index (χ1) is 16.0. The number of carbonyl (C=O) groups excluding carboxylic acids is 1.